The maximum atomic E-state index is 13.2. The second-order valence-corrected chi connectivity index (χ2v) is 9.77. The number of Topliss-reactive ketones (excluding diaryl/α,β-unsaturated/α-hetero) is 1. The molecule has 3 rings (SSSR count). The highest BCUT2D eigenvalue weighted by molar-refractivity contribution is 7.10. The van der Waals surface area contributed by atoms with E-state index in [4.69, 9.17) is 4.74 Å². The zero-order valence-electron chi connectivity index (χ0n) is 20.6. The van der Waals surface area contributed by atoms with E-state index < -0.39 is 18.1 Å². The van der Waals surface area contributed by atoms with Gasteiger partial charge >= 0.3 is 0 Å². The van der Waals surface area contributed by atoms with Gasteiger partial charge in [0, 0.05) is 17.0 Å². The van der Waals surface area contributed by atoms with Gasteiger partial charge in [-0.1, -0.05) is 32.8 Å². The van der Waals surface area contributed by atoms with Crippen molar-refractivity contribution in [3.8, 4) is 5.75 Å². The van der Waals surface area contributed by atoms with Crippen LogP contribution in [0.15, 0.2) is 47.4 Å². The number of rotatable bonds is 13. The molecule has 34 heavy (non-hydrogen) atoms. The van der Waals surface area contributed by atoms with Crippen molar-refractivity contribution in [2.75, 3.05) is 33.3 Å². The molecule has 2 N–H and O–H groups in total. The Hall–Kier alpha value is -2.19. The molecule has 0 spiro atoms. The van der Waals surface area contributed by atoms with E-state index in [1.807, 2.05) is 22.4 Å². The Morgan fingerprint density at radius 3 is 2.26 bits per heavy atom. The summed E-state index contributed by atoms with van der Waals surface area (Å²) in [7, 11) is 1.58. The van der Waals surface area contributed by atoms with E-state index in [0.717, 1.165) is 30.9 Å². The second kappa shape index (κ2) is 13.0. The molecular weight excluding hydrogens is 448 g/mol. The molecule has 0 amide bonds. The first kappa shape index (κ1) is 26.4. The molecule has 1 saturated heterocycles. The third-order valence-corrected chi connectivity index (χ3v) is 7.32. The van der Waals surface area contributed by atoms with Crippen LogP contribution in [0.5, 0.6) is 5.75 Å². The minimum Gasteiger partial charge on any atom is -0.507 e. The van der Waals surface area contributed by atoms with Crippen molar-refractivity contribution >= 4 is 22.9 Å². The van der Waals surface area contributed by atoms with Gasteiger partial charge in [0.15, 0.2) is 6.23 Å². The first-order valence-corrected chi connectivity index (χ1v) is 13.2. The third kappa shape index (κ3) is 6.27. The van der Waals surface area contributed by atoms with Crippen LogP contribution in [0, 0.1) is 0 Å². The van der Waals surface area contributed by atoms with E-state index in [9.17, 15) is 15.0 Å². The van der Waals surface area contributed by atoms with Gasteiger partial charge in [0.1, 0.15) is 11.5 Å². The molecule has 1 aliphatic rings. The number of ketones is 1. The standard InChI is InChI=1S/C27H38N2O4S/c1-4-6-15-28(16-7-5-2)17-9-18-29-24(22-10-8-19-34-22)23(26(31)27(29)32)25(30)20-11-13-21(33-3)14-12-20/h8,10-14,19,24,27,30,32H,4-7,9,15-18H2,1-3H3/t24-,27+/m0/s1. The zero-order chi connectivity index (χ0) is 24.5. The van der Waals surface area contributed by atoms with Crippen LogP contribution >= 0.6 is 11.3 Å². The van der Waals surface area contributed by atoms with Crippen LogP contribution in [0.3, 0.4) is 0 Å². The molecule has 1 aromatic carbocycles. The minimum absolute atomic E-state index is 0.0832. The molecule has 7 heteroatoms. The lowest BCUT2D eigenvalue weighted by Gasteiger charge is -2.28. The summed E-state index contributed by atoms with van der Waals surface area (Å²) >= 11 is 1.53. The highest BCUT2D eigenvalue weighted by Gasteiger charge is 2.46. The van der Waals surface area contributed by atoms with Crippen molar-refractivity contribution in [2.45, 2.75) is 58.2 Å². The van der Waals surface area contributed by atoms with E-state index in [-0.39, 0.29) is 11.3 Å². The molecule has 2 atom stereocenters. The number of aliphatic hydroxyl groups is 2. The van der Waals surface area contributed by atoms with Crippen LogP contribution in [0.1, 0.15) is 62.4 Å². The Labute approximate surface area is 207 Å². The number of likely N-dealkylation sites (tertiary alicyclic amines) is 1. The quantitative estimate of drug-likeness (QED) is 0.297. The molecule has 0 radical (unpaired) electrons. The van der Waals surface area contributed by atoms with Crippen LogP contribution in [0.2, 0.25) is 0 Å². The Kier molecular flexibility index (Phi) is 10.1. The van der Waals surface area contributed by atoms with Gasteiger partial charge in [-0.2, -0.15) is 0 Å². The van der Waals surface area contributed by atoms with Crippen molar-refractivity contribution in [3.63, 3.8) is 0 Å². The van der Waals surface area contributed by atoms with Gasteiger partial charge in [-0.25, -0.2) is 0 Å². The van der Waals surface area contributed by atoms with Gasteiger partial charge < -0.3 is 19.8 Å². The van der Waals surface area contributed by atoms with Gasteiger partial charge in [0.2, 0.25) is 5.78 Å². The van der Waals surface area contributed by atoms with Gasteiger partial charge in [-0.3, -0.25) is 9.69 Å². The fourth-order valence-corrected chi connectivity index (χ4v) is 5.32. The number of carbonyl (C=O) groups excluding carboxylic acids is 1. The van der Waals surface area contributed by atoms with E-state index in [0.29, 0.717) is 17.9 Å². The number of aliphatic hydroxyl groups excluding tert-OH is 2. The average Bonchev–Trinajstić information content (AvgIpc) is 3.47. The van der Waals surface area contributed by atoms with Gasteiger partial charge in [-0.15, -0.1) is 11.3 Å². The van der Waals surface area contributed by atoms with E-state index in [2.05, 4.69) is 18.7 Å². The summed E-state index contributed by atoms with van der Waals surface area (Å²) in [5.74, 6) is 0.159. The van der Waals surface area contributed by atoms with Crippen LogP contribution in [-0.4, -0.2) is 65.3 Å². The van der Waals surface area contributed by atoms with Crippen LogP contribution in [0.25, 0.3) is 5.76 Å². The zero-order valence-corrected chi connectivity index (χ0v) is 21.4. The normalized spacial score (nSPS) is 20.3. The summed E-state index contributed by atoms with van der Waals surface area (Å²) in [4.78, 5) is 18.5. The smallest absolute Gasteiger partial charge is 0.208 e. The fraction of sp³-hybridized carbons (Fsp3) is 0.519. The van der Waals surface area contributed by atoms with E-state index >= 15 is 0 Å². The number of thiophene rings is 1. The van der Waals surface area contributed by atoms with E-state index in [1.165, 1.54) is 37.0 Å². The van der Waals surface area contributed by atoms with Crippen molar-refractivity contribution in [3.05, 3.63) is 57.8 Å². The number of unbranched alkanes of at least 4 members (excludes halogenated alkanes) is 2. The Balaban J connectivity index is 1.83. The lowest BCUT2D eigenvalue weighted by molar-refractivity contribution is -0.127. The first-order chi connectivity index (χ1) is 16.5. The van der Waals surface area contributed by atoms with Gasteiger partial charge in [0.05, 0.1) is 18.7 Å². The highest BCUT2D eigenvalue weighted by atomic mass is 32.1. The SMILES string of the molecule is CCCCN(CCCC)CCCN1[C@H](O)C(=O)C(=C(O)c2ccc(OC)cc2)[C@@H]1c1cccs1. The Morgan fingerprint density at radius 2 is 1.71 bits per heavy atom. The molecule has 2 aromatic rings. The Bertz CT molecular complexity index is 919. The molecule has 0 bridgehead atoms. The molecule has 1 fully saturated rings. The number of benzene rings is 1. The maximum absolute atomic E-state index is 13.2. The number of methoxy groups -OCH3 is 1. The molecule has 0 aliphatic carbocycles. The average molecular weight is 487 g/mol. The van der Waals surface area contributed by atoms with Crippen molar-refractivity contribution in [1.29, 1.82) is 0 Å². The molecule has 6 nitrogen and oxygen atoms in total. The minimum atomic E-state index is -1.26. The number of carbonyl (C=O) groups is 1. The predicted octanol–water partition coefficient (Wildman–Crippen LogP) is 5.26. The Morgan fingerprint density at radius 1 is 1.06 bits per heavy atom. The topological polar surface area (TPSA) is 73.2 Å². The van der Waals surface area contributed by atoms with Crippen molar-refractivity contribution < 1.29 is 19.7 Å². The predicted molar refractivity (Wildman–Crippen MR) is 138 cm³/mol. The van der Waals surface area contributed by atoms with Crippen molar-refractivity contribution in [2.24, 2.45) is 0 Å². The summed E-state index contributed by atoms with van der Waals surface area (Å²) < 4.78 is 5.21. The summed E-state index contributed by atoms with van der Waals surface area (Å²) in [6, 6.07) is 10.4. The number of nitrogens with zero attached hydrogens (tertiary/aromatic N) is 2. The summed E-state index contributed by atoms with van der Waals surface area (Å²) in [5.41, 5.74) is 0.791. The van der Waals surface area contributed by atoms with Gasteiger partial charge in [0.25, 0.3) is 0 Å². The molecule has 0 saturated carbocycles. The molecule has 0 unspecified atom stereocenters. The number of ether oxygens (including phenoxy) is 1. The largest absolute Gasteiger partial charge is 0.507 e. The van der Waals surface area contributed by atoms with Crippen LogP contribution < -0.4 is 4.74 Å². The van der Waals surface area contributed by atoms with Crippen molar-refractivity contribution in [1.82, 2.24) is 9.80 Å². The maximum Gasteiger partial charge on any atom is 0.208 e. The fourth-order valence-electron chi connectivity index (χ4n) is 4.46. The third-order valence-electron chi connectivity index (χ3n) is 6.40. The monoisotopic (exact) mass is 486 g/mol. The highest BCUT2D eigenvalue weighted by Crippen LogP contribution is 2.42. The lowest BCUT2D eigenvalue weighted by atomic mass is 9.99. The molecule has 1 aromatic heterocycles. The summed E-state index contributed by atoms with van der Waals surface area (Å²) in [6.45, 7) is 8.07. The number of hydrogen-bond acceptors (Lipinski definition) is 7. The molecule has 186 valence electrons. The molecular formula is C27H38N2O4S. The summed E-state index contributed by atoms with van der Waals surface area (Å²) in [6.07, 6.45) is 4.27. The molecule has 2 heterocycles. The van der Waals surface area contributed by atoms with Gasteiger partial charge in [-0.05, 0) is 74.6 Å². The lowest BCUT2D eigenvalue weighted by Crippen LogP contribution is -2.37. The van der Waals surface area contributed by atoms with Crippen LogP contribution in [0.4, 0.5) is 0 Å². The summed E-state index contributed by atoms with van der Waals surface area (Å²) in [5, 5.41) is 24.0. The second-order valence-electron chi connectivity index (χ2n) is 8.79. The van der Waals surface area contributed by atoms with Crippen LogP contribution in [-0.2, 0) is 4.79 Å². The van der Waals surface area contributed by atoms with E-state index in [1.54, 1.807) is 31.4 Å². The number of hydrogen-bond donors (Lipinski definition) is 2. The molecule has 1 aliphatic heterocycles. The first-order valence-electron chi connectivity index (χ1n) is 12.3.